The van der Waals surface area contributed by atoms with Crippen molar-refractivity contribution < 1.29 is 19.1 Å². The van der Waals surface area contributed by atoms with Crippen LogP contribution in [0.25, 0.3) is 0 Å². The van der Waals surface area contributed by atoms with Crippen molar-refractivity contribution in [3.8, 4) is 5.75 Å². The van der Waals surface area contributed by atoms with Gasteiger partial charge in [-0.3, -0.25) is 14.4 Å². The number of methoxy groups -OCH3 is 1. The predicted octanol–water partition coefficient (Wildman–Crippen LogP) is 3.28. The molecule has 1 atom stereocenters. The highest BCUT2D eigenvalue weighted by Crippen LogP contribution is 2.25. The van der Waals surface area contributed by atoms with Crippen molar-refractivity contribution in [2.45, 2.75) is 38.6 Å². The van der Waals surface area contributed by atoms with E-state index in [0.717, 1.165) is 31.5 Å². The van der Waals surface area contributed by atoms with Crippen LogP contribution in [0.15, 0.2) is 48.5 Å². The van der Waals surface area contributed by atoms with Crippen molar-refractivity contribution >= 4 is 17.7 Å². The normalized spacial score (nSPS) is 17.4. The fourth-order valence-corrected chi connectivity index (χ4v) is 4.82. The number of rotatable bonds is 6. The van der Waals surface area contributed by atoms with Crippen LogP contribution in [0.2, 0.25) is 0 Å². The number of nitrogens with zero attached hydrogens (tertiary/aromatic N) is 2. The zero-order chi connectivity index (χ0) is 24.1. The highest BCUT2D eigenvalue weighted by atomic mass is 16.5. The number of benzene rings is 2. The monoisotopic (exact) mass is 463 g/mol. The lowest BCUT2D eigenvalue weighted by Crippen LogP contribution is -2.54. The SMILES string of the molecule is COc1cccc(C(=O)NC(C(=O)N2CCCC2)C2CCN(C(=O)c3ccc(C)cc3)CC2)c1. The molecule has 0 aromatic heterocycles. The molecule has 180 valence electrons. The van der Waals surface area contributed by atoms with Gasteiger partial charge in [-0.15, -0.1) is 0 Å². The first-order valence-corrected chi connectivity index (χ1v) is 12.1. The molecule has 2 aliphatic rings. The van der Waals surface area contributed by atoms with E-state index in [9.17, 15) is 14.4 Å². The third-order valence-electron chi connectivity index (χ3n) is 6.90. The lowest BCUT2D eigenvalue weighted by Gasteiger charge is -2.37. The molecule has 3 amide bonds. The van der Waals surface area contributed by atoms with E-state index >= 15 is 0 Å². The van der Waals surface area contributed by atoms with E-state index in [0.29, 0.717) is 42.8 Å². The Labute approximate surface area is 201 Å². The topological polar surface area (TPSA) is 79.0 Å². The average molecular weight is 464 g/mol. The van der Waals surface area contributed by atoms with Gasteiger partial charge >= 0.3 is 0 Å². The molecular weight excluding hydrogens is 430 g/mol. The average Bonchev–Trinajstić information content (AvgIpc) is 3.42. The van der Waals surface area contributed by atoms with Crippen LogP contribution in [0.1, 0.15) is 52.0 Å². The maximum atomic E-state index is 13.4. The first-order valence-electron chi connectivity index (χ1n) is 12.1. The maximum absolute atomic E-state index is 13.4. The van der Waals surface area contributed by atoms with E-state index < -0.39 is 6.04 Å². The summed E-state index contributed by atoms with van der Waals surface area (Å²) in [6, 6.07) is 13.9. The van der Waals surface area contributed by atoms with E-state index in [1.54, 1.807) is 31.4 Å². The Morgan fingerprint density at radius 3 is 2.24 bits per heavy atom. The zero-order valence-corrected chi connectivity index (χ0v) is 20.0. The summed E-state index contributed by atoms with van der Waals surface area (Å²) in [6.07, 6.45) is 3.32. The quantitative estimate of drug-likeness (QED) is 0.713. The molecular formula is C27H33N3O4. The summed E-state index contributed by atoms with van der Waals surface area (Å²) in [5.41, 5.74) is 2.26. The van der Waals surface area contributed by atoms with Gasteiger partial charge in [-0.1, -0.05) is 23.8 Å². The number of amides is 3. The fraction of sp³-hybridized carbons (Fsp3) is 0.444. The van der Waals surface area contributed by atoms with Crippen molar-refractivity contribution in [3.05, 3.63) is 65.2 Å². The lowest BCUT2D eigenvalue weighted by atomic mass is 9.88. The third kappa shape index (κ3) is 5.41. The van der Waals surface area contributed by atoms with Gasteiger partial charge in [0.1, 0.15) is 11.8 Å². The molecule has 2 aliphatic heterocycles. The summed E-state index contributed by atoms with van der Waals surface area (Å²) < 4.78 is 5.24. The van der Waals surface area contributed by atoms with Crippen LogP contribution in [0.4, 0.5) is 0 Å². The van der Waals surface area contributed by atoms with Crippen LogP contribution in [-0.4, -0.2) is 66.9 Å². The van der Waals surface area contributed by atoms with Gasteiger partial charge in [0, 0.05) is 37.3 Å². The van der Waals surface area contributed by atoms with E-state index in [2.05, 4.69) is 5.32 Å². The molecule has 0 bridgehead atoms. The molecule has 7 heteroatoms. The predicted molar refractivity (Wildman–Crippen MR) is 130 cm³/mol. The largest absolute Gasteiger partial charge is 0.497 e. The smallest absolute Gasteiger partial charge is 0.253 e. The second-order valence-electron chi connectivity index (χ2n) is 9.21. The molecule has 0 aliphatic carbocycles. The molecule has 7 nitrogen and oxygen atoms in total. The van der Waals surface area contributed by atoms with Crippen molar-refractivity contribution in [1.82, 2.24) is 15.1 Å². The highest BCUT2D eigenvalue weighted by Gasteiger charge is 2.37. The maximum Gasteiger partial charge on any atom is 0.253 e. The van der Waals surface area contributed by atoms with Gasteiger partial charge in [0.2, 0.25) is 5.91 Å². The molecule has 4 rings (SSSR count). The number of carbonyl (C=O) groups is 3. The Morgan fingerprint density at radius 2 is 1.59 bits per heavy atom. The van der Waals surface area contributed by atoms with Crippen LogP contribution >= 0.6 is 0 Å². The molecule has 0 radical (unpaired) electrons. The first-order chi connectivity index (χ1) is 16.5. The minimum absolute atomic E-state index is 0.0151. The Balaban J connectivity index is 1.46. The second kappa shape index (κ2) is 10.7. The van der Waals surface area contributed by atoms with E-state index in [1.807, 2.05) is 41.0 Å². The molecule has 0 saturated carbocycles. The molecule has 0 spiro atoms. The minimum atomic E-state index is -0.603. The number of carbonyl (C=O) groups excluding carboxylic acids is 3. The van der Waals surface area contributed by atoms with E-state index in [-0.39, 0.29) is 23.6 Å². The Bertz CT molecular complexity index is 1020. The van der Waals surface area contributed by atoms with Gasteiger partial charge in [0.25, 0.3) is 11.8 Å². The van der Waals surface area contributed by atoms with Crippen molar-refractivity contribution in [1.29, 1.82) is 0 Å². The summed E-state index contributed by atoms with van der Waals surface area (Å²) >= 11 is 0. The Kier molecular flexibility index (Phi) is 7.50. The molecule has 2 fully saturated rings. The third-order valence-corrected chi connectivity index (χ3v) is 6.90. The highest BCUT2D eigenvalue weighted by molar-refractivity contribution is 5.98. The number of piperidine rings is 1. The zero-order valence-electron chi connectivity index (χ0n) is 20.0. The van der Waals surface area contributed by atoms with Crippen molar-refractivity contribution in [2.24, 2.45) is 5.92 Å². The number of nitrogens with one attached hydrogen (secondary N) is 1. The molecule has 1 N–H and O–H groups in total. The molecule has 2 aromatic rings. The van der Waals surface area contributed by atoms with Gasteiger partial charge in [0.05, 0.1) is 7.11 Å². The molecule has 1 unspecified atom stereocenters. The summed E-state index contributed by atoms with van der Waals surface area (Å²) in [6.45, 7) is 4.59. The first kappa shape index (κ1) is 23.8. The molecule has 2 saturated heterocycles. The van der Waals surface area contributed by atoms with Crippen LogP contribution in [-0.2, 0) is 4.79 Å². The van der Waals surface area contributed by atoms with Crippen LogP contribution in [0.5, 0.6) is 5.75 Å². The summed E-state index contributed by atoms with van der Waals surface area (Å²) in [5.74, 6) is 0.288. The van der Waals surface area contributed by atoms with Gasteiger partial charge < -0.3 is 19.9 Å². The Morgan fingerprint density at radius 1 is 0.912 bits per heavy atom. The van der Waals surface area contributed by atoms with Crippen LogP contribution in [0.3, 0.4) is 0 Å². The standard InChI is InChI=1S/C27H33N3O4/c1-19-8-10-21(11-9-19)26(32)30-16-12-20(13-17-30)24(27(33)29-14-3-4-15-29)28-25(31)22-6-5-7-23(18-22)34-2/h5-11,18,20,24H,3-4,12-17H2,1-2H3,(H,28,31). The number of likely N-dealkylation sites (tertiary alicyclic amines) is 2. The number of hydrogen-bond donors (Lipinski definition) is 1. The van der Waals surface area contributed by atoms with Crippen molar-refractivity contribution in [3.63, 3.8) is 0 Å². The van der Waals surface area contributed by atoms with Gasteiger partial charge in [0.15, 0.2) is 0 Å². The number of aryl methyl sites for hydroxylation is 1. The number of hydrogen-bond acceptors (Lipinski definition) is 4. The second-order valence-corrected chi connectivity index (χ2v) is 9.21. The molecule has 2 heterocycles. The summed E-state index contributed by atoms with van der Waals surface area (Å²) in [4.78, 5) is 43.1. The van der Waals surface area contributed by atoms with Gasteiger partial charge in [-0.2, -0.15) is 0 Å². The van der Waals surface area contributed by atoms with Crippen LogP contribution in [0, 0.1) is 12.8 Å². The molecule has 2 aromatic carbocycles. The van der Waals surface area contributed by atoms with E-state index in [1.165, 1.54) is 0 Å². The number of ether oxygens (including phenoxy) is 1. The van der Waals surface area contributed by atoms with Crippen LogP contribution < -0.4 is 10.1 Å². The summed E-state index contributed by atoms with van der Waals surface area (Å²) in [7, 11) is 1.56. The minimum Gasteiger partial charge on any atom is -0.497 e. The fourth-order valence-electron chi connectivity index (χ4n) is 4.82. The van der Waals surface area contributed by atoms with Gasteiger partial charge in [-0.25, -0.2) is 0 Å². The molecule has 34 heavy (non-hydrogen) atoms. The van der Waals surface area contributed by atoms with Crippen molar-refractivity contribution in [2.75, 3.05) is 33.3 Å². The Hall–Kier alpha value is -3.35. The van der Waals surface area contributed by atoms with Gasteiger partial charge in [-0.05, 0) is 68.9 Å². The summed E-state index contributed by atoms with van der Waals surface area (Å²) in [5, 5.41) is 3.02. The van der Waals surface area contributed by atoms with E-state index in [4.69, 9.17) is 4.74 Å². The lowest BCUT2D eigenvalue weighted by molar-refractivity contribution is -0.134.